The number of carbonyl (C=O) groups is 1. The number of piperidine rings is 1. The van der Waals surface area contributed by atoms with Gasteiger partial charge in [0.05, 0.1) is 18.3 Å². The number of ether oxygens (including phenoxy) is 2. The molecule has 2 aliphatic heterocycles. The topological polar surface area (TPSA) is 38.8 Å². The standard InChI is InChI=1S/C16H27NO3/c1-2-3-15(18)17-8-6-16(7-9-17)10-14(12-20-16)19-11-13-4-5-13/h13-14H,2-12H2,1H3. The number of nitrogens with zero attached hydrogens (tertiary/aromatic N) is 1. The minimum atomic E-state index is -0.00277. The van der Waals surface area contributed by atoms with E-state index in [-0.39, 0.29) is 11.7 Å². The van der Waals surface area contributed by atoms with Gasteiger partial charge in [-0.2, -0.15) is 0 Å². The van der Waals surface area contributed by atoms with E-state index in [9.17, 15) is 4.79 Å². The Morgan fingerprint density at radius 2 is 2.10 bits per heavy atom. The molecule has 1 spiro atoms. The molecule has 0 bridgehead atoms. The molecule has 0 aromatic rings. The van der Waals surface area contributed by atoms with Crippen molar-refractivity contribution in [3.05, 3.63) is 0 Å². The molecule has 4 nitrogen and oxygen atoms in total. The minimum Gasteiger partial charge on any atom is -0.375 e. The predicted molar refractivity (Wildman–Crippen MR) is 76.5 cm³/mol. The van der Waals surface area contributed by atoms with Crippen molar-refractivity contribution >= 4 is 5.91 Å². The summed E-state index contributed by atoms with van der Waals surface area (Å²) < 4.78 is 12.0. The van der Waals surface area contributed by atoms with Gasteiger partial charge in [0, 0.05) is 32.5 Å². The molecule has 2 saturated heterocycles. The average molecular weight is 281 g/mol. The van der Waals surface area contributed by atoms with Crippen molar-refractivity contribution in [2.45, 2.75) is 63.6 Å². The highest BCUT2D eigenvalue weighted by atomic mass is 16.6. The molecule has 20 heavy (non-hydrogen) atoms. The Morgan fingerprint density at radius 3 is 2.75 bits per heavy atom. The van der Waals surface area contributed by atoms with Gasteiger partial charge >= 0.3 is 0 Å². The quantitative estimate of drug-likeness (QED) is 0.776. The van der Waals surface area contributed by atoms with Gasteiger partial charge in [0.2, 0.25) is 5.91 Å². The van der Waals surface area contributed by atoms with Crippen molar-refractivity contribution in [1.82, 2.24) is 4.90 Å². The first kappa shape index (κ1) is 14.3. The fourth-order valence-corrected chi connectivity index (χ4v) is 3.35. The van der Waals surface area contributed by atoms with Gasteiger partial charge in [-0.25, -0.2) is 0 Å². The number of rotatable bonds is 5. The summed E-state index contributed by atoms with van der Waals surface area (Å²) in [6, 6.07) is 0. The molecule has 3 aliphatic rings. The molecule has 1 unspecified atom stereocenters. The Balaban J connectivity index is 1.43. The maximum absolute atomic E-state index is 11.9. The summed E-state index contributed by atoms with van der Waals surface area (Å²) in [6.45, 7) is 5.44. The lowest BCUT2D eigenvalue weighted by Crippen LogP contribution is -2.46. The van der Waals surface area contributed by atoms with Crippen LogP contribution < -0.4 is 0 Å². The van der Waals surface area contributed by atoms with E-state index in [1.807, 2.05) is 4.90 Å². The van der Waals surface area contributed by atoms with Crippen LogP contribution in [0.1, 0.15) is 51.9 Å². The third-order valence-corrected chi connectivity index (χ3v) is 4.93. The van der Waals surface area contributed by atoms with Crippen molar-refractivity contribution in [3.63, 3.8) is 0 Å². The van der Waals surface area contributed by atoms with Gasteiger partial charge in [-0.05, 0) is 38.0 Å². The van der Waals surface area contributed by atoms with Crippen LogP contribution in [0.15, 0.2) is 0 Å². The van der Waals surface area contributed by atoms with Crippen molar-refractivity contribution in [2.75, 3.05) is 26.3 Å². The third-order valence-electron chi connectivity index (χ3n) is 4.93. The second kappa shape index (κ2) is 6.02. The smallest absolute Gasteiger partial charge is 0.222 e. The molecule has 3 rings (SSSR count). The summed E-state index contributed by atoms with van der Waals surface area (Å²) in [5.41, 5.74) is -0.00277. The highest BCUT2D eigenvalue weighted by Crippen LogP contribution is 2.38. The normalized spacial score (nSPS) is 29.1. The van der Waals surface area contributed by atoms with Gasteiger partial charge in [0.1, 0.15) is 0 Å². The van der Waals surface area contributed by atoms with Crippen LogP contribution in [0.4, 0.5) is 0 Å². The Labute approximate surface area is 121 Å². The summed E-state index contributed by atoms with van der Waals surface area (Å²) in [5, 5.41) is 0. The number of amides is 1. The number of carbonyl (C=O) groups excluding carboxylic acids is 1. The van der Waals surface area contributed by atoms with E-state index in [1.54, 1.807) is 0 Å². The van der Waals surface area contributed by atoms with E-state index in [1.165, 1.54) is 12.8 Å². The van der Waals surface area contributed by atoms with E-state index >= 15 is 0 Å². The van der Waals surface area contributed by atoms with Gasteiger partial charge in [-0.3, -0.25) is 4.79 Å². The highest BCUT2D eigenvalue weighted by Gasteiger charge is 2.44. The fourth-order valence-electron chi connectivity index (χ4n) is 3.35. The number of hydrogen-bond acceptors (Lipinski definition) is 3. The van der Waals surface area contributed by atoms with E-state index in [4.69, 9.17) is 9.47 Å². The summed E-state index contributed by atoms with van der Waals surface area (Å²) in [6.07, 6.45) is 7.57. The van der Waals surface area contributed by atoms with Gasteiger partial charge in [0.25, 0.3) is 0 Å². The lowest BCUT2D eigenvalue weighted by molar-refractivity contribution is -0.136. The van der Waals surface area contributed by atoms with Crippen LogP contribution in [-0.2, 0) is 14.3 Å². The highest BCUT2D eigenvalue weighted by molar-refractivity contribution is 5.76. The third kappa shape index (κ3) is 3.34. The molecule has 1 atom stereocenters. The van der Waals surface area contributed by atoms with Crippen molar-refractivity contribution < 1.29 is 14.3 Å². The maximum atomic E-state index is 11.9. The largest absolute Gasteiger partial charge is 0.375 e. The molecule has 0 radical (unpaired) electrons. The summed E-state index contributed by atoms with van der Waals surface area (Å²) in [4.78, 5) is 13.9. The summed E-state index contributed by atoms with van der Waals surface area (Å²) in [5.74, 6) is 1.13. The first-order valence-corrected chi connectivity index (χ1v) is 8.24. The molecule has 1 aliphatic carbocycles. The van der Waals surface area contributed by atoms with Crippen LogP contribution in [0.25, 0.3) is 0 Å². The van der Waals surface area contributed by atoms with Crippen LogP contribution in [0.2, 0.25) is 0 Å². The monoisotopic (exact) mass is 281 g/mol. The zero-order chi connectivity index (χ0) is 14.0. The summed E-state index contributed by atoms with van der Waals surface area (Å²) >= 11 is 0. The van der Waals surface area contributed by atoms with Crippen LogP contribution in [-0.4, -0.2) is 48.8 Å². The van der Waals surface area contributed by atoms with Crippen molar-refractivity contribution in [3.8, 4) is 0 Å². The Bertz CT molecular complexity index is 346. The lowest BCUT2D eigenvalue weighted by Gasteiger charge is -2.38. The molecule has 2 heterocycles. The SMILES string of the molecule is CCCC(=O)N1CCC2(CC1)CC(OCC1CC1)CO2. The van der Waals surface area contributed by atoms with Gasteiger partial charge < -0.3 is 14.4 Å². The molecule has 1 saturated carbocycles. The zero-order valence-electron chi connectivity index (χ0n) is 12.6. The molecule has 1 amide bonds. The maximum Gasteiger partial charge on any atom is 0.222 e. The van der Waals surface area contributed by atoms with Gasteiger partial charge in [0.15, 0.2) is 0 Å². The lowest BCUT2D eigenvalue weighted by atomic mass is 9.88. The van der Waals surface area contributed by atoms with Crippen LogP contribution >= 0.6 is 0 Å². The van der Waals surface area contributed by atoms with Gasteiger partial charge in [-0.1, -0.05) is 6.92 Å². The first-order valence-electron chi connectivity index (χ1n) is 8.24. The van der Waals surface area contributed by atoms with Gasteiger partial charge in [-0.15, -0.1) is 0 Å². The minimum absolute atomic E-state index is 0.00277. The predicted octanol–water partition coefficient (Wildman–Crippen LogP) is 2.36. The second-order valence-electron chi connectivity index (χ2n) is 6.73. The van der Waals surface area contributed by atoms with Crippen LogP contribution in [0.3, 0.4) is 0 Å². The molecule has 0 aromatic carbocycles. The van der Waals surface area contributed by atoms with E-state index < -0.39 is 0 Å². The molecular weight excluding hydrogens is 254 g/mol. The van der Waals surface area contributed by atoms with Crippen LogP contribution in [0.5, 0.6) is 0 Å². The van der Waals surface area contributed by atoms with E-state index in [0.717, 1.165) is 57.9 Å². The molecule has 3 fully saturated rings. The Morgan fingerprint density at radius 1 is 1.35 bits per heavy atom. The van der Waals surface area contributed by atoms with E-state index in [0.29, 0.717) is 12.3 Å². The number of likely N-dealkylation sites (tertiary alicyclic amines) is 1. The van der Waals surface area contributed by atoms with E-state index in [2.05, 4.69) is 6.92 Å². The fraction of sp³-hybridized carbons (Fsp3) is 0.938. The number of hydrogen-bond donors (Lipinski definition) is 0. The molecular formula is C16H27NO3. The molecule has 4 heteroatoms. The van der Waals surface area contributed by atoms with Crippen molar-refractivity contribution in [2.24, 2.45) is 5.92 Å². The average Bonchev–Trinajstić information content (AvgIpc) is 3.21. The Hall–Kier alpha value is -0.610. The molecule has 0 aromatic heterocycles. The Kier molecular flexibility index (Phi) is 4.32. The molecule has 0 N–H and O–H groups in total. The zero-order valence-corrected chi connectivity index (χ0v) is 12.6. The van der Waals surface area contributed by atoms with Crippen molar-refractivity contribution in [1.29, 1.82) is 0 Å². The van der Waals surface area contributed by atoms with Crippen LogP contribution in [0, 0.1) is 5.92 Å². The second-order valence-corrected chi connectivity index (χ2v) is 6.73. The summed E-state index contributed by atoms with van der Waals surface area (Å²) in [7, 11) is 0. The molecule has 114 valence electrons. The first-order chi connectivity index (χ1) is 9.71.